The number of aliphatic imine (C=N–C) groups is 1. The number of fused-ring (bicyclic) bond motifs is 1. The maximum Gasteiger partial charge on any atom is 0.120 e. The van der Waals surface area contributed by atoms with E-state index in [4.69, 9.17) is 5.73 Å². The van der Waals surface area contributed by atoms with Gasteiger partial charge >= 0.3 is 0 Å². The van der Waals surface area contributed by atoms with Gasteiger partial charge in [-0.25, -0.2) is 4.39 Å². The molecule has 0 fully saturated rings. The maximum absolute atomic E-state index is 13.0. The third kappa shape index (κ3) is 1.68. The molecule has 0 saturated carbocycles. The number of allylic oxidation sites excluding steroid dienone is 4. The highest BCUT2D eigenvalue weighted by Crippen LogP contribution is 2.29. The largest absolute Gasteiger partial charge is 0.328 e. The van der Waals surface area contributed by atoms with Crippen molar-refractivity contribution in [2.75, 3.05) is 0 Å². The Morgan fingerprint density at radius 2 is 2.36 bits per heavy atom. The Morgan fingerprint density at radius 3 is 3.07 bits per heavy atom. The molecule has 0 amide bonds. The van der Waals surface area contributed by atoms with Crippen molar-refractivity contribution in [1.82, 2.24) is 0 Å². The molecule has 0 bridgehead atoms. The zero-order chi connectivity index (χ0) is 10.1. The first-order valence-corrected chi connectivity index (χ1v) is 4.74. The summed E-state index contributed by atoms with van der Waals surface area (Å²) in [6.45, 7) is 1.94. The van der Waals surface area contributed by atoms with Crippen LogP contribution < -0.4 is 5.73 Å². The van der Waals surface area contributed by atoms with Crippen LogP contribution in [0.3, 0.4) is 0 Å². The zero-order valence-corrected chi connectivity index (χ0v) is 8.07. The summed E-state index contributed by atoms with van der Waals surface area (Å²) in [6, 6.07) is 0.0955. The number of halogens is 1. The fraction of sp³-hybridized carbons (Fsp3) is 0.364. The van der Waals surface area contributed by atoms with Crippen molar-refractivity contribution >= 4 is 5.71 Å². The molecule has 0 saturated heterocycles. The summed E-state index contributed by atoms with van der Waals surface area (Å²) < 4.78 is 13.0. The molecule has 2 atom stereocenters. The number of rotatable bonds is 2. The van der Waals surface area contributed by atoms with Crippen LogP contribution in [0.1, 0.15) is 13.3 Å². The van der Waals surface area contributed by atoms with Gasteiger partial charge in [0, 0.05) is 18.2 Å². The highest BCUT2D eigenvalue weighted by Gasteiger charge is 2.24. The molecule has 1 aliphatic carbocycles. The third-order valence-corrected chi connectivity index (χ3v) is 2.39. The predicted molar refractivity (Wildman–Crippen MR) is 55.6 cm³/mol. The van der Waals surface area contributed by atoms with Gasteiger partial charge in [0.2, 0.25) is 0 Å². The average Bonchev–Trinajstić information content (AvgIpc) is 2.47. The summed E-state index contributed by atoms with van der Waals surface area (Å²) in [4.78, 5) is 4.23. The van der Waals surface area contributed by atoms with Crippen molar-refractivity contribution in [2.45, 2.75) is 19.4 Å². The van der Waals surface area contributed by atoms with Crippen LogP contribution in [0.2, 0.25) is 0 Å². The van der Waals surface area contributed by atoms with Gasteiger partial charge in [-0.05, 0) is 37.1 Å². The first kappa shape index (κ1) is 9.34. The monoisotopic (exact) mass is 192 g/mol. The van der Waals surface area contributed by atoms with Gasteiger partial charge in [-0.2, -0.15) is 0 Å². The van der Waals surface area contributed by atoms with E-state index in [1.54, 1.807) is 12.2 Å². The molecule has 2 nitrogen and oxygen atoms in total. The Hall–Kier alpha value is -1.22. The van der Waals surface area contributed by atoms with E-state index in [1.165, 1.54) is 6.08 Å². The lowest BCUT2D eigenvalue weighted by atomic mass is 9.89. The number of nitrogens with zero attached hydrogens (tertiary/aromatic N) is 1. The van der Waals surface area contributed by atoms with E-state index in [-0.39, 0.29) is 17.8 Å². The van der Waals surface area contributed by atoms with Crippen molar-refractivity contribution < 1.29 is 4.39 Å². The smallest absolute Gasteiger partial charge is 0.120 e. The Balaban J connectivity index is 2.17. The molecule has 74 valence electrons. The van der Waals surface area contributed by atoms with Gasteiger partial charge in [0.25, 0.3) is 0 Å². The number of hydrogen-bond acceptors (Lipinski definition) is 2. The first-order valence-electron chi connectivity index (χ1n) is 4.74. The topological polar surface area (TPSA) is 38.4 Å². The predicted octanol–water partition coefficient (Wildman–Crippen LogP) is 2.10. The molecule has 0 spiro atoms. The third-order valence-electron chi connectivity index (χ3n) is 2.39. The van der Waals surface area contributed by atoms with Gasteiger partial charge in [0.1, 0.15) is 5.83 Å². The minimum Gasteiger partial charge on any atom is -0.328 e. The van der Waals surface area contributed by atoms with Crippen molar-refractivity contribution in [1.29, 1.82) is 0 Å². The second-order valence-corrected chi connectivity index (χ2v) is 3.80. The van der Waals surface area contributed by atoms with Crippen LogP contribution in [0.4, 0.5) is 4.39 Å². The number of nitrogens with two attached hydrogens (primary N) is 1. The highest BCUT2D eigenvalue weighted by atomic mass is 19.1. The van der Waals surface area contributed by atoms with Crippen molar-refractivity contribution in [3.8, 4) is 0 Å². The molecule has 0 aromatic heterocycles. The highest BCUT2D eigenvalue weighted by molar-refractivity contribution is 6.03. The molecule has 2 aliphatic rings. The molecule has 0 aromatic rings. The summed E-state index contributed by atoms with van der Waals surface area (Å²) in [7, 11) is 0. The van der Waals surface area contributed by atoms with Crippen molar-refractivity contribution in [3.63, 3.8) is 0 Å². The normalized spacial score (nSPS) is 26.5. The van der Waals surface area contributed by atoms with Crippen LogP contribution in [0.15, 0.2) is 40.8 Å². The van der Waals surface area contributed by atoms with Crippen LogP contribution in [-0.4, -0.2) is 11.8 Å². The molecule has 1 heterocycles. The molecule has 14 heavy (non-hydrogen) atoms. The lowest BCUT2D eigenvalue weighted by molar-refractivity contribution is 0.647. The van der Waals surface area contributed by atoms with Crippen LogP contribution >= 0.6 is 0 Å². The van der Waals surface area contributed by atoms with Crippen LogP contribution in [-0.2, 0) is 0 Å². The van der Waals surface area contributed by atoms with Gasteiger partial charge in [-0.1, -0.05) is 0 Å². The van der Waals surface area contributed by atoms with Gasteiger partial charge in [-0.15, -0.1) is 0 Å². The molecule has 3 heteroatoms. The first-order chi connectivity index (χ1) is 6.66. The lowest BCUT2D eigenvalue weighted by Crippen LogP contribution is -2.20. The van der Waals surface area contributed by atoms with Gasteiger partial charge in [0.05, 0.1) is 5.71 Å². The Bertz CT molecular complexity index is 361. The van der Waals surface area contributed by atoms with E-state index in [0.717, 1.165) is 17.7 Å². The fourth-order valence-corrected chi connectivity index (χ4v) is 1.78. The summed E-state index contributed by atoms with van der Waals surface area (Å²) in [5.74, 6) is -0.169. The standard InChI is InChI=1S/C11H13FN2/c1-7(13)4-8-6-14-11-3-2-9(12)5-10(8)11/h2-3,5-7,10H,4,13H2,1H3. The van der Waals surface area contributed by atoms with Crippen LogP contribution in [0.5, 0.6) is 0 Å². The maximum atomic E-state index is 13.0. The Morgan fingerprint density at radius 1 is 1.57 bits per heavy atom. The molecule has 0 aromatic carbocycles. The Kier molecular flexibility index (Phi) is 2.33. The minimum absolute atomic E-state index is 0.0194. The summed E-state index contributed by atoms with van der Waals surface area (Å²) in [5, 5.41) is 0. The second kappa shape index (κ2) is 3.50. The minimum atomic E-state index is -0.188. The van der Waals surface area contributed by atoms with E-state index < -0.39 is 0 Å². The molecular weight excluding hydrogens is 179 g/mol. The van der Waals surface area contributed by atoms with Crippen LogP contribution in [0, 0.1) is 5.92 Å². The molecule has 2 N–H and O–H groups in total. The summed E-state index contributed by atoms with van der Waals surface area (Å²) in [6.07, 6.45) is 7.35. The quantitative estimate of drug-likeness (QED) is 0.714. The van der Waals surface area contributed by atoms with Crippen molar-refractivity contribution in [2.24, 2.45) is 16.6 Å². The van der Waals surface area contributed by atoms with E-state index in [9.17, 15) is 4.39 Å². The number of hydrogen-bond donors (Lipinski definition) is 1. The van der Waals surface area contributed by atoms with Gasteiger partial charge in [0.15, 0.2) is 0 Å². The molecule has 0 radical (unpaired) electrons. The fourth-order valence-electron chi connectivity index (χ4n) is 1.78. The molecule has 1 aliphatic heterocycles. The zero-order valence-electron chi connectivity index (χ0n) is 8.07. The van der Waals surface area contributed by atoms with E-state index in [0.29, 0.717) is 0 Å². The lowest BCUT2D eigenvalue weighted by Gasteiger charge is -2.15. The molecule has 2 unspecified atom stereocenters. The van der Waals surface area contributed by atoms with E-state index >= 15 is 0 Å². The molecular formula is C11H13FN2. The SMILES string of the molecule is CC(N)CC1=CN=C2C=CC(F)=CC12. The van der Waals surface area contributed by atoms with Crippen LogP contribution in [0.25, 0.3) is 0 Å². The van der Waals surface area contributed by atoms with Crippen molar-refractivity contribution in [3.05, 3.63) is 35.8 Å². The van der Waals surface area contributed by atoms with Gasteiger partial charge < -0.3 is 5.73 Å². The summed E-state index contributed by atoms with van der Waals surface area (Å²) >= 11 is 0. The van der Waals surface area contributed by atoms with E-state index in [1.807, 2.05) is 13.1 Å². The summed E-state index contributed by atoms with van der Waals surface area (Å²) in [5.41, 5.74) is 7.73. The average molecular weight is 192 g/mol. The molecule has 2 rings (SSSR count). The van der Waals surface area contributed by atoms with E-state index in [2.05, 4.69) is 4.99 Å². The Labute approximate surface area is 82.7 Å². The second-order valence-electron chi connectivity index (χ2n) is 3.80. The van der Waals surface area contributed by atoms with Gasteiger partial charge in [-0.3, -0.25) is 4.99 Å².